The summed E-state index contributed by atoms with van der Waals surface area (Å²) in [6.07, 6.45) is 5.29. The van der Waals surface area contributed by atoms with Crippen LogP contribution >= 0.6 is 11.6 Å². The van der Waals surface area contributed by atoms with E-state index in [1.807, 2.05) is 24.3 Å². The molecule has 1 saturated heterocycles. The molecule has 0 atom stereocenters. The zero-order chi connectivity index (χ0) is 18.4. The van der Waals surface area contributed by atoms with Crippen molar-refractivity contribution >= 4 is 23.3 Å². The third kappa shape index (κ3) is 4.67. The summed E-state index contributed by atoms with van der Waals surface area (Å²) in [6.45, 7) is 2.80. The van der Waals surface area contributed by atoms with Crippen LogP contribution in [0.25, 0.3) is 0 Å². The lowest BCUT2D eigenvalue weighted by Gasteiger charge is -2.29. The van der Waals surface area contributed by atoms with Crippen LogP contribution in [0.2, 0.25) is 5.02 Å². The van der Waals surface area contributed by atoms with Gasteiger partial charge in [0.2, 0.25) is 0 Å². The number of pyridine rings is 1. The molecule has 2 aromatic rings. The molecular formula is C20H24ClN3O2. The van der Waals surface area contributed by atoms with Crippen molar-refractivity contribution in [2.45, 2.75) is 19.3 Å². The average Bonchev–Trinajstić information content (AvgIpc) is 2.68. The second-order valence-electron chi connectivity index (χ2n) is 6.45. The zero-order valence-corrected chi connectivity index (χ0v) is 15.8. The van der Waals surface area contributed by atoms with Gasteiger partial charge in [0.1, 0.15) is 18.2 Å². The summed E-state index contributed by atoms with van der Waals surface area (Å²) < 4.78 is 5.69. The van der Waals surface area contributed by atoms with Gasteiger partial charge in [-0.05, 0) is 49.6 Å². The molecule has 2 heterocycles. The van der Waals surface area contributed by atoms with Gasteiger partial charge in [-0.1, -0.05) is 17.7 Å². The molecule has 0 N–H and O–H groups in total. The number of likely N-dealkylation sites (N-methyl/N-ethyl adjacent to an activating group) is 1. The summed E-state index contributed by atoms with van der Waals surface area (Å²) in [5, 5.41) is 0.633. The van der Waals surface area contributed by atoms with Crippen LogP contribution in [0, 0.1) is 0 Å². The van der Waals surface area contributed by atoms with Crippen molar-refractivity contribution in [1.82, 2.24) is 9.88 Å². The van der Waals surface area contributed by atoms with Crippen LogP contribution in [0.4, 0.5) is 5.82 Å². The molecule has 1 aliphatic rings. The van der Waals surface area contributed by atoms with Crippen molar-refractivity contribution in [2.75, 3.05) is 38.2 Å². The van der Waals surface area contributed by atoms with E-state index in [9.17, 15) is 4.79 Å². The second-order valence-corrected chi connectivity index (χ2v) is 6.89. The molecule has 1 fully saturated rings. The molecule has 3 rings (SSSR count). The fraction of sp³-hybridized carbons (Fsp3) is 0.400. The van der Waals surface area contributed by atoms with E-state index in [0.717, 1.165) is 31.7 Å². The van der Waals surface area contributed by atoms with Gasteiger partial charge in [-0.25, -0.2) is 4.98 Å². The normalized spacial score (nSPS) is 14.2. The lowest BCUT2D eigenvalue weighted by Crippen LogP contribution is -2.35. The molecule has 0 unspecified atom stereocenters. The fourth-order valence-electron chi connectivity index (χ4n) is 3.09. The number of amides is 1. The molecule has 1 aromatic heterocycles. The Kier molecular flexibility index (Phi) is 6.34. The SMILES string of the molecule is CN(CCOc1cccc(Cl)c1)C(=O)c1cccnc1N1CCCCC1. The Balaban J connectivity index is 1.61. The average molecular weight is 374 g/mol. The maximum atomic E-state index is 12.9. The number of halogens is 1. The van der Waals surface area contributed by atoms with E-state index >= 15 is 0 Å². The Bertz CT molecular complexity index is 747. The van der Waals surface area contributed by atoms with Crippen LogP contribution in [0.3, 0.4) is 0 Å². The molecule has 1 amide bonds. The van der Waals surface area contributed by atoms with E-state index in [0.29, 0.717) is 29.5 Å². The van der Waals surface area contributed by atoms with Crippen molar-refractivity contribution in [3.8, 4) is 5.75 Å². The van der Waals surface area contributed by atoms with Crippen molar-refractivity contribution in [3.63, 3.8) is 0 Å². The summed E-state index contributed by atoms with van der Waals surface area (Å²) in [4.78, 5) is 21.3. The Morgan fingerprint density at radius 2 is 2.04 bits per heavy atom. The predicted molar refractivity (Wildman–Crippen MR) is 104 cm³/mol. The minimum absolute atomic E-state index is 0.0339. The van der Waals surface area contributed by atoms with E-state index in [2.05, 4.69) is 9.88 Å². The van der Waals surface area contributed by atoms with Crippen LogP contribution in [0.15, 0.2) is 42.6 Å². The van der Waals surface area contributed by atoms with Gasteiger partial charge in [-0.2, -0.15) is 0 Å². The Hall–Kier alpha value is -2.27. The first-order valence-corrected chi connectivity index (χ1v) is 9.37. The molecule has 0 bridgehead atoms. The zero-order valence-electron chi connectivity index (χ0n) is 15.0. The van der Waals surface area contributed by atoms with Gasteiger partial charge in [0.15, 0.2) is 0 Å². The lowest BCUT2D eigenvalue weighted by atomic mass is 10.1. The van der Waals surface area contributed by atoms with Crippen molar-refractivity contribution in [2.24, 2.45) is 0 Å². The van der Waals surface area contributed by atoms with Gasteiger partial charge >= 0.3 is 0 Å². The number of hydrogen-bond acceptors (Lipinski definition) is 4. The van der Waals surface area contributed by atoms with Crippen molar-refractivity contribution < 1.29 is 9.53 Å². The van der Waals surface area contributed by atoms with Gasteiger partial charge in [0.05, 0.1) is 12.1 Å². The Labute approximate surface area is 159 Å². The van der Waals surface area contributed by atoms with Crippen LogP contribution in [-0.4, -0.2) is 49.1 Å². The monoisotopic (exact) mass is 373 g/mol. The first-order chi connectivity index (χ1) is 12.6. The van der Waals surface area contributed by atoms with Gasteiger partial charge in [0, 0.05) is 31.4 Å². The van der Waals surface area contributed by atoms with Gasteiger partial charge in [0.25, 0.3) is 5.91 Å². The summed E-state index contributed by atoms with van der Waals surface area (Å²) >= 11 is 5.95. The number of anilines is 1. The number of rotatable bonds is 6. The minimum atomic E-state index is -0.0339. The molecule has 138 valence electrons. The molecule has 6 heteroatoms. The summed E-state index contributed by atoms with van der Waals surface area (Å²) in [6, 6.07) is 10.9. The van der Waals surface area contributed by atoms with E-state index in [1.54, 1.807) is 30.3 Å². The minimum Gasteiger partial charge on any atom is -0.492 e. The smallest absolute Gasteiger partial charge is 0.257 e. The topological polar surface area (TPSA) is 45.7 Å². The highest BCUT2D eigenvalue weighted by Crippen LogP contribution is 2.23. The molecule has 0 radical (unpaired) electrons. The van der Waals surface area contributed by atoms with E-state index in [4.69, 9.17) is 16.3 Å². The predicted octanol–water partition coefficient (Wildman–Crippen LogP) is 3.88. The summed E-state index contributed by atoms with van der Waals surface area (Å²) in [5.74, 6) is 1.46. The molecule has 1 aromatic carbocycles. The Morgan fingerprint density at radius 3 is 2.81 bits per heavy atom. The molecule has 0 spiro atoms. The van der Waals surface area contributed by atoms with Gasteiger partial charge < -0.3 is 14.5 Å². The van der Waals surface area contributed by atoms with Gasteiger partial charge in [-0.15, -0.1) is 0 Å². The molecule has 0 aliphatic carbocycles. The largest absolute Gasteiger partial charge is 0.492 e. The number of hydrogen-bond donors (Lipinski definition) is 0. The van der Waals surface area contributed by atoms with Crippen molar-refractivity contribution in [3.05, 3.63) is 53.2 Å². The fourth-order valence-corrected chi connectivity index (χ4v) is 3.27. The van der Waals surface area contributed by atoms with Crippen molar-refractivity contribution in [1.29, 1.82) is 0 Å². The van der Waals surface area contributed by atoms with Crippen LogP contribution in [-0.2, 0) is 0 Å². The highest BCUT2D eigenvalue weighted by atomic mass is 35.5. The second kappa shape index (κ2) is 8.90. The quantitative estimate of drug-likeness (QED) is 0.771. The first-order valence-electron chi connectivity index (χ1n) is 8.99. The maximum Gasteiger partial charge on any atom is 0.257 e. The molecule has 26 heavy (non-hydrogen) atoms. The first kappa shape index (κ1) is 18.5. The summed E-state index contributed by atoms with van der Waals surface area (Å²) in [5.41, 5.74) is 0.652. The van der Waals surface area contributed by atoms with E-state index < -0.39 is 0 Å². The molecular weight excluding hydrogens is 350 g/mol. The number of benzene rings is 1. The van der Waals surface area contributed by atoms with Gasteiger partial charge in [-0.3, -0.25) is 4.79 Å². The molecule has 1 aliphatic heterocycles. The number of carbonyl (C=O) groups excluding carboxylic acids is 1. The number of nitrogens with zero attached hydrogens (tertiary/aromatic N) is 3. The third-order valence-electron chi connectivity index (χ3n) is 4.51. The standard InChI is InChI=1S/C20H24ClN3O2/c1-23(13-14-26-17-8-5-7-16(21)15-17)20(25)18-9-6-10-22-19(18)24-11-3-2-4-12-24/h5-10,15H,2-4,11-14H2,1H3. The number of carbonyl (C=O) groups is 1. The third-order valence-corrected chi connectivity index (χ3v) is 4.75. The Morgan fingerprint density at radius 1 is 1.23 bits per heavy atom. The maximum absolute atomic E-state index is 12.9. The highest BCUT2D eigenvalue weighted by molar-refractivity contribution is 6.30. The molecule has 0 saturated carbocycles. The van der Waals surface area contributed by atoms with Crippen LogP contribution < -0.4 is 9.64 Å². The lowest BCUT2D eigenvalue weighted by molar-refractivity contribution is 0.0774. The van der Waals surface area contributed by atoms with Crippen LogP contribution in [0.1, 0.15) is 29.6 Å². The number of aromatic nitrogens is 1. The molecule has 5 nitrogen and oxygen atoms in total. The highest BCUT2D eigenvalue weighted by Gasteiger charge is 2.21. The van der Waals surface area contributed by atoms with E-state index in [1.165, 1.54) is 6.42 Å². The number of ether oxygens (including phenoxy) is 1. The van der Waals surface area contributed by atoms with E-state index in [-0.39, 0.29) is 5.91 Å². The van der Waals surface area contributed by atoms with Crippen LogP contribution in [0.5, 0.6) is 5.75 Å². The summed E-state index contributed by atoms with van der Waals surface area (Å²) in [7, 11) is 1.79. The number of piperidine rings is 1.